The normalized spacial score (nSPS) is 17.0. The van der Waals surface area contributed by atoms with Gasteiger partial charge in [-0.05, 0) is 49.1 Å². The molecule has 3 heteroatoms. The van der Waals surface area contributed by atoms with Crippen molar-refractivity contribution in [3.05, 3.63) is 53.2 Å². The molecule has 2 aromatic rings. The zero-order chi connectivity index (χ0) is 13.5. The Morgan fingerprint density at radius 1 is 1.16 bits per heavy atom. The molecule has 0 unspecified atom stereocenters. The average Bonchev–Trinajstić information content (AvgIpc) is 2.76. The Bertz CT molecular complexity index is 567. The second kappa shape index (κ2) is 4.61. The molecule has 0 N–H and O–H groups in total. The molecule has 1 aromatic heterocycles. The van der Waals surface area contributed by atoms with E-state index >= 15 is 0 Å². The predicted octanol–water partition coefficient (Wildman–Crippen LogP) is 4.19. The Labute approximate surface area is 119 Å². The number of halogens is 1. The van der Waals surface area contributed by atoms with Crippen LogP contribution in [0.2, 0.25) is 5.02 Å². The van der Waals surface area contributed by atoms with Crippen LogP contribution in [0.15, 0.2) is 42.6 Å². The molecule has 100 valence electrons. The lowest BCUT2D eigenvalue weighted by Crippen LogP contribution is -2.50. The molecule has 1 saturated carbocycles. The van der Waals surface area contributed by atoms with E-state index in [4.69, 9.17) is 11.6 Å². The Kier molecular flexibility index (Phi) is 3.06. The first kappa shape index (κ1) is 12.6. The number of hydrogen-bond donors (Lipinski definition) is 0. The summed E-state index contributed by atoms with van der Waals surface area (Å²) in [6, 6.07) is 12.6. The van der Waals surface area contributed by atoms with Crippen LogP contribution in [0.25, 0.3) is 0 Å². The van der Waals surface area contributed by atoms with Gasteiger partial charge in [-0.25, -0.2) is 0 Å². The Balaban J connectivity index is 1.99. The quantitative estimate of drug-likeness (QED) is 0.815. The van der Waals surface area contributed by atoms with Crippen molar-refractivity contribution >= 4 is 17.4 Å². The minimum absolute atomic E-state index is 0.136. The summed E-state index contributed by atoms with van der Waals surface area (Å²) in [7, 11) is 4.29. The Hall–Kier alpha value is -1.41. The van der Waals surface area contributed by atoms with Crippen LogP contribution in [-0.4, -0.2) is 11.6 Å². The van der Waals surface area contributed by atoms with Gasteiger partial charge in [0.2, 0.25) is 0 Å². The van der Waals surface area contributed by atoms with Crippen LogP contribution in [0.1, 0.15) is 24.8 Å². The molecule has 1 fully saturated rings. The number of benzene rings is 1. The van der Waals surface area contributed by atoms with Crippen LogP contribution in [0, 0.1) is 0 Å². The highest BCUT2D eigenvalue weighted by Gasteiger charge is 2.43. The molecule has 0 spiro atoms. The molecule has 1 heterocycles. The molecular weight excluding hydrogens is 256 g/mol. The first-order valence-electron chi connectivity index (χ1n) is 6.75. The molecule has 1 aliphatic rings. The second-order valence-electron chi connectivity index (χ2n) is 5.43. The Morgan fingerprint density at radius 3 is 2.32 bits per heavy atom. The van der Waals surface area contributed by atoms with Crippen LogP contribution >= 0.6 is 11.6 Å². The van der Waals surface area contributed by atoms with Gasteiger partial charge in [0.05, 0.1) is 5.54 Å². The summed E-state index contributed by atoms with van der Waals surface area (Å²) in [5.74, 6) is 1.26. The third-order valence-electron chi connectivity index (χ3n) is 4.46. The first-order valence-corrected chi connectivity index (χ1v) is 7.12. The second-order valence-corrected chi connectivity index (χ2v) is 5.86. The summed E-state index contributed by atoms with van der Waals surface area (Å²) in [4.78, 5) is 2.42. The fourth-order valence-electron chi connectivity index (χ4n) is 3.11. The maximum atomic E-state index is 6.01. The summed E-state index contributed by atoms with van der Waals surface area (Å²) < 4.78 is 2.18. The fraction of sp³-hybridized carbons (Fsp3) is 0.375. The van der Waals surface area contributed by atoms with Crippen molar-refractivity contribution in [2.75, 3.05) is 11.9 Å². The lowest BCUT2D eigenvalue weighted by atomic mass is 9.70. The van der Waals surface area contributed by atoms with E-state index in [1.807, 2.05) is 12.1 Å². The van der Waals surface area contributed by atoms with Crippen LogP contribution in [0.5, 0.6) is 0 Å². The van der Waals surface area contributed by atoms with Crippen molar-refractivity contribution in [3.8, 4) is 0 Å². The molecule has 3 rings (SSSR count). The minimum atomic E-state index is 0.136. The Morgan fingerprint density at radius 2 is 1.84 bits per heavy atom. The highest BCUT2D eigenvalue weighted by Crippen LogP contribution is 2.47. The van der Waals surface area contributed by atoms with Crippen molar-refractivity contribution in [1.82, 2.24) is 4.57 Å². The van der Waals surface area contributed by atoms with E-state index in [0.29, 0.717) is 0 Å². The van der Waals surface area contributed by atoms with E-state index in [1.165, 1.54) is 30.6 Å². The van der Waals surface area contributed by atoms with Crippen molar-refractivity contribution in [2.45, 2.75) is 24.8 Å². The van der Waals surface area contributed by atoms with Gasteiger partial charge in [-0.3, -0.25) is 0 Å². The number of aryl methyl sites for hydroxylation is 1. The third kappa shape index (κ3) is 1.95. The molecular formula is C16H19ClN2. The van der Waals surface area contributed by atoms with E-state index < -0.39 is 0 Å². The monoisotopic (exact) mass is 274 g/mol. The lowest BCUT2D eigenvalue weighted by Gasteiger charge is -2.50. The van der Waals surface area contributed by atoms with Gasteiger partial charge in [0, 0.05) is 25.3 Å². The van der Waals surface area contributed by atoms with Crippen molar-refractivity contribution in [3.63, 3.8) is 0 Å². The zero-order valence-corrected chi connectivity index (χ0v) is 12.2. The van der Waals surface area contributed by atoms with Gasteiger partial charge in [-0.15, -0.1) is 0 Å². The largest absolute Gasteiger partial charge is 0.351 e. The van der Waals surface area contributed by atoms with E-state index in [-0.39, 0.29) is 5.54 Å². The third-order valence-corrected chi connectivity index (χ3v) is 4.72. The van der Waals surface area contributed by atoms with Crippen LogP contribution < -0.4 is 4.90 Å². The number of nitrogens with zero attached hydrogens (tertiary/aromatic N) is 2. The van der Waals surface area contributed by atoms with Gasteiger partial charge < -0.3 is 9.47 Å². The van der Waals surface area contributed by atoms with E-state index in [9.17, 15) is 0 Å². The summed E-state index contributed by atoms with van der Waals surface area (Å²) in [5.41, 5.74) is 1.50. The minimum Gasteiger partial charge on any atom is -0.351 e. The van der Waals surface area contributed by atoms with Gasteiger partial charge in [0.25, 0.3) is 0 Å². The molecule has 0 saturated heterocycles. The maximum Gasteiger partial charge on any atom is 0.108 e. The van der Waals surface area contributed by atoms with Gasteiger partial charge >= 0.3 is 0 Å². The highest BCUT2D eigenvalue weighted by atomic mass is 35.5. The molecule has 0 atom stereocenters. The average molecular weight is 275 g/mol. The topological polar surface area (TPSA) is 8.17 Å². The fourth-order valence-corrected chi connectivity index (χ4v) is 3.24. The SMILES string of the molecule is CN(c1cccn1C)C1(c2ccc(Cl)cc2)CCC1. The van der Waals surface area contributed by atoms with E-state index in [2.05, 4.69) is 54.0 Å². The molecule has 1 aliphatic carbocycles. The molecule has 19 heavy (non-hydrogen) atoms. The molecule has 0 amide bonds. The molecule has 0 aliphatic heterocycles. The maximum absolute atomic E-state index is 6.01. The number of rotatable bonds is 3. The lowest BCUT2D eigenvalue weighted by molar-refractivity contribution is 0.238. The predicted molar refractivity (Wildman–Crippen MR) is 80.8 cm³/mol. The number of hydrogen-bond acceptors (Lipinski definition) is 1. The molecule has 0 bridgehead atoms. The van der Waals surface area contributed by atoms with Crippen molar-refractivity contribution < 1.29 is 0 Å². The molecule has 1 aromatic carbocycles. The smallest absolute Gasteiger partial charge is 0.108 e. The summed E-state index contributed by atoms with van der Waals surface area (Å²) >= 11 is 6.01. The van der Waals surface area contributed by atoms with Crippen LogP contribution in [0.4, 0.5) is 5.82 Å². The van der Waals surface area contributed by atoms with E-state index in [1.54, 1.807) is 0 Å². The molecule has 2 nitrogen and oxygen atoms in total. The number of anilines is 1. The van der Waals surface area contributed by atoms with Gasteiger partial charge in [-0.2, -0.15) is 0 Å². The standard InChI is InChI=1S/C16H19ClN2/c1-18-12-3-5-15(18)19(2)16(10-4-11-16)13-6-8-14(17)9-7-13/h3,5-9,12H,4,10-11H2,1-2H3. The molecule has 0 radical (unpaired) electrons. The van der Waals surface area contributed by atoms with Gasteiger partial charge in [0.1, 0.15) is 5.82 Å². The van der Waals surface area contributed by atoms with E-state index in [0.717, 1.165) is 5.02 Å². The number of aromatic nitrogens is 1. The first-order chi connectivity index (χ1) is 9.13. The van der Waals surface area contributed by atoms with Gasteiger partial charge in [-0.1, -0.05) is 23.7 Å². The highest BCUT2D eigenvalue weighted by molar-refractivity contribution is 6.30. The van der Waals surface area contributed by atoms with Gasteiger partial charge in [0.15, 0.2) is 0 Å². The van der Waals surface area contributed by atoms with Crippen molar-refractivity contribution in [2.24, 2.45) is 7.05 Å². The summed E-state index contributed by atoms with van der Waals surface area (Å²) in [5, 5.41) is 0.805. The van der Waals surface area contributed by atoms with Crippen LogP contribution in [-0.2, 0) is 12.6 Å². The summed E-state index contributed by atoms with van der Waals surface area (Å²) in [6.07, 6.45) is 5.80. The zero-order valence-electron chi connectivity index (χ0n) is 11.4. The van der Waals surface area contributed by atoms with Crippen molar-refractivity contribution in [1.29, 1.82) is 0 Å². The van der Waals surface area contributed by atoms with Crippen LogP contribution in [0.3, 0.4) is 0 Å². The summed E-state index contributed by atoms with van der Waals surface area (Å²) in [6.45, 7) is 0.